The van der Waals surface area contributed by atoms with Crippen LogP contribution in [0.3, 0.4) is 0 Å². The van der Waals surface area contributed by atoms with Gasteiger partial charge in [0.1, 0.15) is 12.4 Å². The lowest BCUT2D eigenvalue weighted by atomic mass is 10.1. The van der Waals surface area contributed by atoms with Crippen LogP contribution in [0.5, 0.6) is 17.2 Å². The number of amides is 1. The normalized spacial score (nSPS) is 10.1. The van der Waals surface area contributed by atoms with Gasteiger partial charge in [0.2, 0.25) is 0 Å². The molecule has 0 aromatic heterocycles. The maximum absolute atomic E-state index is 11.8. The molecule has 1 N–H and O–H groups in total. The van der Waals surface area contributed by atoms with Crippen LogP contribution in [0.4, 0.5) is 0 Å². The van der Waals surface area contributed by atoms with Gasteiger partial charge in [-0.05, 0) is 49.2 Å². The molecule has 0 unspecified atom stereocenters. The molecule has 0 fully saturated rings. The summed E-state index contributed by atoms with van der Waals surface area (Å²) in [6.07, 6.45) is 0. The number of rotatable bonds is 8. The van der Waals surface area contributed by atoms with Gasteiger partial charge in [0, 0.05) is 0 Å². The molecule has 24 heavy (non-hydrogen) atoms. The Morgan fingerprint density at radius 1 is 1.00 bits per heavy atom. The van der Waals surface area contributed by atoms with Crippen LogP contribution in [0.1, 0.15) is 11.1 Å². The summed E-state index contributed by atoms with van der Waals surface area (Å²) >= 11 is 0. The molecule has 128 valence electrons. The van der Waals surface area contributed by atoms with E-state index in [9.17, 15) is 4.79 Å². The third-order valence-electron chi connectivity index (χ3n) is 3.32. The summed E-state index contributed by atoms with van der Waals surface area (Å²) in [5, 5.41) is 2.76. The average molecular weight is 329 g/mol. The zero-order chi connectivity index (χ0) is 17.4. The summed E-state index contributed by atoms with van der Waals surface area (Å²) in [5.74, 6) is 1.84. The molecule has 5 heteroatoms. The molecule has 0 saturated heterocycles. The number of carbonyl (C=O) groups excluding carboxylic acids is 1. The monoisotopic (exact) mass is 329 g/mol. The number of aryl methyl sites for hydroxylation is 2. The van der Waals surface area contributed by atoms with Crippen molar-refractivity contribution in [2.45, 2.75) is 13.8 Å². The fourth-order valence-electron chi connectivity index (χ4n) is 2.31. The molecule has 2 aromatic carbocycles. The summed E-state index contributed by atoms with van der Waals surface area (Å²) in [7, 11) is 1.59. The van der Waals surface area contributed by atoms with E-state index in [-0.39, 0.29) is 12.5 Å². The second kappa shape index (κ2) is 8.82. The van der Waals surface area contributed by atoms with Gasteiger partial charge in [-0.3, -0.25) is 4.79 Å². The molecule has 0 bridgehead atoms. The number of nitrogens with one attached hydrogen (secondary N) is 1. The van der Waals surface area contributed by atoms with Crippen LogP contribution in [-0.4, -0.2) is 32.8 Å². The Labute approximate surface area is 142 Å². The minimum atomic E-state index is -0.183. The minimum Gasteiger partial charge on any atom is -0.493 e. The van der Waals surface area contributed by atoms with Crippen LogP contribution >= 0.6 is 0 Å². The fraction of sp³-hybridized carbons (Fsp3) is 0.316. The molecule has 0 heterocycles. The maximum atomic E-state index is 11.8. The lowest BCUT2D eigenvalue weighted by Gasteiger charge is -2.11. The number of hydrogen-bond acceptors (Lipinski definition) is 4. The molecule has 5 nitrogen and oxygen atoms in total. The summed E-state index contributed by atoms with van der Waals surface area (Å²) in [4.78, 5) is 11.8. The largest absolute Gasteiger partial charge is 0.493 e. The van der Waals surface area contributed by atoms with E-state index in [0.29, 0.717) is 30.4 Å². The molecular formula is C19H23NO4. The van der Waals surface area contributed by atoms with Crippen molar-refractivity contribution in [2.75, 3.05) is 26.9 Å². The third kappa shape index (κ3) is 5.50. The summed E-state index contributed by atoms with van der Waals surface area (Å²) in [6, 6.07) is 13.3. The predicted octanol–water partition coefficient (Wildman–Crippen LogP) is 2.89. The second-order valence-corrected chi connectivity index (χ2v) is 5.46. The number of hydrogen-bond donors (Lipinski definition) is 1. The van der Waals surface area contributed by atoms with Gasteiger partial charge in [0.25, 0.3) is 5.91 Å². The topological polar surface area (TPSA) is 56.8 Å². The van der Waals surface area contributed by atoms with Gasteiger partial charge in [0.05, 0.1) is 13.7 Å². The smallest absolute Gasteiger partial charge is 0.258 e. The molecule has 1 amide bonds. The zero-order valence-electron chi connectivity index (χ0n) is 14.3. The standard InChI is InChI=1S/C19H23NO4/c1-14-10-15(2)12-16(11-14)24-13-19(21)20-8-9-23-18-7-5-4-6-17(18)22-3/h4-7,10-12H,8-9,13H2,1-3H3,(H,20,21). The van der Waals surface area contributed by atoms with Crippen LogP contribution in [0.2, 0.25) is 0 Å². The number of para-hydroxylation sites is 2. The van der Waals surface area contributed by atoms with Crippen molar-refractivity contribution in [2.24, 2.45) is 0 Å². The van der Waals surface area contributed by atoms with Crippen LogP contribution < -0.4 is 19.5 Å². The Morgan fingerprint density at radius 3 is 2.33 bits per heavy atom. The Balaban J connectivity index is 1.70. The molecule has 0 atom stereocenters. The SMILES string of the molecule is COc1ccccc1OCCNC(=O)COc1cc(C)cc(C)c1. The number of ether oxygens (including phenoxy) is 3. The number of methoxy groups -OCH3 is 1. The Kier molecular flexibility index (Phi) is 6.49. The highest BCUT2D eigenvalue weighted by molar-refractivity contribution is 5.77. The Hall–Kier alpha value is -2.69. The minimum absolute atomic E-state index is 0.0163. The van der Waals surface area contributed by atoms with Gasteiger partial charge in [0.15, 0.2) is 18.1 Å². The van der Waals surface area contributed by atoms with E-state index in [0.717, 1.165) is 11.1 Å². The predicted molar refractivity (Wildman–Crippen MR) is 92.9 cm³/mol. The first kappa shape index (κ1) is 17.7. The first-order valence-corrected chi connectivity index (χ1v) is 7.82. The van der Waals surface area contributed by atoms with Gasteiger partial charge in [-0.2, -0.15) is 0 Å². The maximum Gasteiger partial charge on any atom is 0.258 e. The first-order chi connectivity index (χ1) is 11.6. The second-order valence-electron chi connectivity index (χ2n) is 5.46. The van der Waals surface area contributed by atoms with Gasteiger partial charge in [-0.1, -0.05) is 18.2 Å². The number of carbonyl (C=O) groups is 1. The van der Waals surface area contributed by atoms with Crippen LogP contribution in [0.25, 0.3) is 0 Å². The van der Waals surface area contributed by atoms with Gasteiger partial charge < -0.3 is 19.5 Å². The molecule has 0 aliphatic rings. The Morgan fingerprint density at radius 2 is 1.67 bits per heavy atom. The molecule has 0 spiro atoms. The van der Waals surface area contributed by atoms with E-state index in [4.69, 9.17) is 14.2 Å². The van der Waals surface area contributed by atoms with Crippen molar-refractivity contribution in [3.63, 3.8) is 0 Å². The fourth-order valence-corrected chi connectivity index (χ4v) is 2.31. The van der Waals surface area contributed by atoms with E-state index in [1.165, 1.54) is 0 Å². The Bertz CT molecular complexity index is 665. The van der Waals surface area contributed by atoms with E-state index < -0.39 is 0 Å². The highest BCUT2D eigenvalue weighted by Crippen LogP contribution is 2.25. The molecule has 2 aromatic rings. The highest BCUT2D eigenvalue weighted by Gasteiger charge is 2.05. The molecule has 0 aliphatic carbocycles. The summed E-state index contributed by atoms with van der Waals surface area (Å²) in [5.41, 5.74) is 2.21. The van der Waals surface area contributed by atoms with Crippen molar-refractivity contribution < 1.29 is 19.0 Å². The first-order valence-electron chi connectivity index (χ1n) is 7.82. The average Bonchev–Trinajstić information content (AvgIpc) is 2.56. The van der Waals surface area contributed by atoms with E-state index in [1.54, 1.807) is 7.11 Å². The van der Waals surface area contributed by atoms with E-state index in [2.05, 4.69) is 11.4 Å². The van der Waals surface area contributed by atoms with Crippen molar-refractivity contribution >= 4 is 5.91 Å². The lowest BCUT2D eigenvalue weighted by molar-refractivity contribution is -0.123. The molecule has 0 saturated carbocycles. The van der Waals surface area contributed by atoms with E-state index >= 15 is 0 Å². The van der Waals surface area contributed by atoms with E-state index in [1.807, 2.05) is 50.2 Å². The van der Waals surface area contributed by atoms with Crippen molar-refractivity contribution in [3.8, 4) is 17.2 Å². The molecule has 2 rings (SSSR count). The van der Waals surface area contributed by atoms with Crippen LogP contribution in [-0.2, 0) is 4.79 Å². The van der Waals surface area contributed by atoms with Crippen LogP contribution in [0, 0.1) is 13.8 Å². The summed E-state index contributed by atoms with van der Waals surface area (Å²) in [6.45, 7) is 4.73. The van der Waals surface area contributed by atoms with Gasteiger partial charge in [-0.15, -0.1) is 0 Å². The van der Waals surface area contributed by atoms with Gasteiger partial charge >= 0.3 is 0 Å². The third-order valence-corrected chi connectivity index (χ3v) is 3.32. The van der Waals surface area contributed by atoms with Crippen molar-refractivity contribution in [1.82, 2.24) is 5.32 Å². The lowest BCUT2D eigenvalue weighted by Crippen LogP contribution is -2.32. The zero-order valence-corrected chi connectivity index (χ0v) is 14.3. The van der Waals surface area contributed by atoms with Crippen molar-refractivity contribution in [1.29, 1.82) is 0 Å². The number of benzene rings is 2. The molecule has 0 aliphatic heterocycles. The van der Waals surface area contributed by atoms with Gasteiger partial charge in [-0.25, -0.2) is 0 Å². The van der Waals surface area contributed by atoms with Crippen molar-refractivity contribution in [3.05, 3.63) is 53.6 Å². The molecular weight excluding hydrogens is 306 g/mol. The molecule has 0 radical (unpaired) electrons. The summed E-state index contributed by atoms with van der Waals surface area (Å²) < 4.78 is 16.3. The highest BCUT2D eigenvalue weighted by atomic mass is 16.5. The van der Waals surface area contributed by atoms with Crippen LogP contribution in [0.15, 0.2) is 42.5 Å². The quantitative estimate of drug-likeness (QED) is 0.757.